The lowest BCUT2D eigenvalue weighted by Crippen LogP contribution is -2.76. The average molecular weight is 551 g/mol. The largest absolute Gasteiger partial charge is 0.471 e. The second kappa shape index (κ2) is 8.37. The number of barbiturate groups is 1. The molecule has 1 spiro atoms. The number of hydrogen-bond donors (Lipinski definition) is 2. The molecule has 204 valence electrons. The zero-order valence-electron chi connectivity index (χ0n) is 19.0. The number of hydrogen-bond acceptors (Lipinski definition) is 8. The van der Waals surface area contributed by atoms with Crippen molar-refractivity contribution in [2.45, 2.75) is 50.4 Å². The minimum atomic E-state index is -5.00. The van der Waals surface area contributed by atoms with E-state index < -0.39 is 90.0 Å². The van der Waals surface area contributed by atoms with Crippen LogP contribution in [-0.2, 0) is 26.9 Å². The maximum Gasteiger partial charge on any atom is 0.471 e. The Morgan fingerprint density at radius 2 is 1.76 bits per heavy atom. The van der Waals surface area contributed by atoms with Crippen LogP contribution in [-0.4, -0.2) is 59.0 Å². The Morgan fingerprint density at radius 1 is 1.11 bits per heavy atom. The zero-order chi connectivity index (χ0) is 27.8. The van der Waals surface area contributed by atoms with Crippen LogP contribution in [0.15, 0.2) is 16.7 Å². The minimum Gasteiger partial charge on any atom is -0.361 e. The van der Waals surface area contributed by atoms with E-state index in [2.05, 4.69) is 14.7 Å². The molecular weight excluding hydrogens is 535 g/mol. The molecule has 4 amide bonds. The number of aromatic nitrogens is 2. The van der Waals surface area contributed by atoms with Crippen molar-refractivity contribution in [1.82, 2.24) is 20.8 Å². The third-order valence-electron chi connectivity index (χ3n) is 6.75. The van der Waals surface area contributed by atoms with Gasteiger partial charge in [-0.2, -0.15) is 31.3 Å². The summed E-state index contributed by atoms with van der Waals surface area (Å²) >= 11 is 0. The van der Waals surface area contributed by atoms with Crippen molar-refractivity contribution >= 4 is 23.5 Å². The molecule has 2 aromatic rings. The highest BCUT2D eigenvalue weighted by atomic mass is 19.4. The van der Waals surface area contributed by atoms with Gasteiger partial charge >= 0.3 is 24.3 Å². The van der Waals surface area contributed by atoms with E-state index in [0.717, 1.165) is 11.0 Å². The van der Waals surface area contributed by atoms with E-state index >= 15 is 4.39 Å². The maximum absolute atomic E-state index is 15.6. The second-order valence-electron chi connectivity index (χ2n) is 8.98. The molecule has 3 atom stereocenters. The van der Waals surface area contributed by atoms with Gasteiger partial charge in [0.2, 0.25) is 17.6 Å². The van der Waals surface area contributed by atoms with Gasteiger partial charge in [-0.15, -0.1) is 0 Å². The highest BCUT2D eigenvalue weighted by Gasteiger charge is 2.65. The number of nitrogens with one attached hydrogen (secondary N) is 2. The molecule has 0 radical (unpaired) electrons. The summed E-state index contributed by atoms with van der Waals surface area (Å²) in [5, 5.41) is 7.04. The van der Waals surface area contributed by atoms with Crippen LogP contribution in [0, 0.1) is 11.2 Å². The Labute approximate surface area is 207 Å². The van der Waals surface area contributed by atoms with Crippen LogP contribution >= 0.6 is 0 Å². The molecule has 2 N–H and O–H groups in total. The number of nitrogens with zero attached hydrogens (tertiary/aromatic N) is 3. The summed E-state index contributed by atoms with van der Waals surface area (Å²) in [4.78, 5) is 42.3. The average Bonchev–Trinajstić information content (AvgIpc) is 3.31. The van der Waals surface area contributed by atoms with Crippen LogP contribution < -0.4 is 15.5 Å². The Bertz CT molecular complexity index is 1320. The van der Waals surface area contributed by atoms with Gasteiger partial charge in [0, 0.05) is 12.0 Å². The molecule has 1 aromatic carbocycles. The number of rotatable bonds is 2. The fourth-order valence-corrected chi connectivity index (χ4v) is 5.23. The minimum absolute atomic E-state index is 0.123. The molecule has 0 unspecified atom stereocenters. The first kappa shape index (κ1) is 25.9. The molecule has 2 fully saturated rings. The van der Waals surface area contributed by atoms with Crippen molar-refractivity contribution in [1.29, 1.82) is 0 Å². The predicted octanol–water partition coefficient (Wildman–Crippen LogP) is 2.72. The SMILES string of the molecule is CC[C@@H]1O[C@H](C(F)(F)F)CN2c3c(F)cc(-c4noc(C(F)(F)F)n4)cc3CC3(C(=O)NC(=O)NC3=O)[C@@H]12. The molecule has 0 bridgehead atoms. The molecule has 38 heavy (non-hydrogen) atoms. The molecule has 0 aliphatic carbocycles. The number of carbonyl (C=O) groups is 3. The second-order valence-corrected chi connectivity index (χ2v) is 8.98. The van der Waals surface area contributed by atoms with Crippen molar-refractivity contribution in [3.63, 3.8) is 0 Å². The number of fused-ring (bicyclic) bond motifs is 4. The van der Waals surface area contributed by atoms with E-state index in [1.807, 2.05) is 10.6 Å². The number of amides is 4. The van der Waals surface area contributed by atoms with Crippen molar-refractivity contribution < 1.29 is 54.4 Å². The quantitative estimate of drug-likeness (QED) is 0.431. The first-order valence-electron chi connectivity index (χ1n) is 11.1. The lowest BCUT2D eigenvalue weighted by molar-refractivity contribution is -0.245. The van der Waals surface area contributed by atoms with Crippen molar-refractivity contribution in [2.75, 3.05) is 11.4 Å². The summed E-state index contributed by atoms with van der Waals surface area (Å²) < 4.78 is 105. The number of alkyl halides is 6. The number of carbonyl (C=O) groups excluding carboxylic acids is 3. The van der Waals surface area contributed by atoms with Gasteiger partial charge in [0.15, 0.2) is 11.5 Å². The molecule has 1 aromatic heterocycles. The van der Waals surface area contributed by atoms with Gasteiger partial charge in [-0.05, 0) is 24.1 Å². The first-order valence-corrected chi connectivity index (χ1v) is 11.1. The van der Waals surface area contributed by atoms with E-state index in [9.17, 15) is 40.7 Å². The van der Waals surface area contributed by atoms with Gasteiger partial charge in [-0.1, -0.05) is 12.1 Å². The molecular formula is C21H16F7N5O5. The molecule has 4 heterocycles. The number of imide groups is 2. The molecule has 5 rings (SSSR count). The van der Waals surface area contributed by atoms with Crippen LogP contribution in [0.1, 0.15) is 24.8 Å². The van der Waals surface area contributed by atoms with Gasteiger partial charge in [-0.3, -0.25) is 20.2 Å². The van der Waals surface area contributed by atoms with Gasteiger partial charge in [0.05, 0.1) is 24.4 Å². The number of morpholine rings is 1. The number of urea groups is 1. The number of halogens is 7. The standard InChI is InChI=1S/C21H16F7N5O5/c1-2-10-13-19(15(34)30-18(36)31-16(19)35)5-8-3-7(14-29-17(38-32-14)21(26,27)28)4-9(22)12(8)33(13)6-11(37-10)20(23,24)25/h3-4,10-11,13H,2,5-6H2,1H3,(H2,30,31,34,35,36)/t10-,11-,13+/m0/s1. The molecule has 3 aliphatic rings. The van der Waals surface area contributed by atoms with Crippen molar-refractivity contribution in [3.05, 3.63) is 29.4 Å². The third kappa shape index (κ3) is 3.86. The van der Waals surface area contributed by atoms with E-state index in [0.29, 0.717) is 6.07 Å². The van der Waals surface area contributed by atoms with Crippen molar-refractivity contribution in [3.8, 4) is 11.4 Å². The van der Waals surface area contributed by atoms with E-state index in [1.165, 1.54) is 6.92 Å². The van der Waals surface area contributed by atoms with Crippen LogP contribution in [0.25, 0.3) is 11.4 Å². The normalized spacial score (nSPS) is 25.1. The Balaban J connectivity index is 1.70. The maximum atomic E-state index is 15.6. The highest BCUT2D eigenvalue weighted by molar-refractivity contribution is 6.20. The lowest BCUT2D eigenvalue weighted by atomic mass is 9.66. The van der Waals surface area contributed by atoms with Crippen LogP contribution in [0.5, 0.6) is 0 Å². The zero-order valence-corrected chi connectivity index (χ0v) is 19.0. The van der Waals surface area contributed by atoms with Crippen LogP contribution in [0.2, 0.25) is 0 Å². The fraction of sp³-hybridized carbons (Fsp3) is 0.476. The monoisotopic (exact) mass is 551 g/mol. The predicted molar refractivity (Wildman–Crippen MR) is 109 cm³/mol. The van der Waals surface area contributed by atoms with E-state index in [1.54, 1.807) is 0 Å². The summed E-state index contributed by atoms with van der Waals surface area (Å²) in [5.74, 6) is -5.88. The summed E-state index contributed by atoms with van der Waals surface area (Å²) in [6.45, 7) is 0.438. The number of anilines is 1. The highest BCUT2D eigenvalue weighted by Crippen LogP contribution is 2.50. The van der Waals surface area contributed by atoms with E-state index in [-0.39, 0.29) is 17.5 Å². The van der Waals surface area contributed by atoms with Crippen LogP contribution in [0.3, 0.4) is 0 Å². The third-order valence-corrected chi connectivity index (χ3v) is 6.75. The van der Waals surface area contributed by atoms with Crippen molar-refractivity contribution in [2.24, 2.45) is 5.41 Å². The van der Waals surface area contributed by atoms with Crippen LogP contribution in [0.4, 0.5) is 41.2 Å². The topological polar surface area (TPSA) is 127 Å². The molecule has 17 heteroatoms. The van der Waals surface area contributed by atoms with Gasteiger partial charge < -0.3 is 14.2 Å². The smallest absolute Gasteiger partial charge is 0.361 e. The molecule has 0 saturated carbocycles. The van der Waals surface area contributed by atoms with Gasteiger partial charge in [0.25, 0.3) is 0 Å². The van der Waals surface area contributed by atoms with E-state index in [4.69, 9.17) is 4.74 Å². The molecule has 3 aliphatic heterocycles. The lowest BCUT2D eigenvalue weighted by Gasteiger charge is -2.56. The summed E-state index contributed by atoms with van der Waals surface area (Å²) in [6, 6.07) is -0.860. The first-order chi connectivity index (χ1) is 17.7. The van der Waals surface area contributed by atoms with Gasteiger partial charge in [0.1, 0.15) is 5.82 Å². The number of ether oxygens (including phenoxy) is 1. The Kier molecular flexibility index (Phi) is 5.70. The summed E-state index contributed by atoms with van der Waals surface area (Å²) in [6.07, 6.45) is -14.5. The van der Waals surface area contributed by atoms with Gasteiger partial charge in [-0.25, -0.2) is 9.18 Å². The Hall–Kier alpha value is -3.76. The number of benzene rings is 1. The Morgan fingerprint density at radius 3 is 2.32 bits per heavy atom. The molecule has 10 nitrogen and oxygen atoms in total. The fourth-order valence-electron chi connectivity index (χ4n) is 5.23. The summed E-state index contributed by atoms with van der Waals surface area (Å²) in [5.41, 5.74) is -3.21. The summed E-state index contributed by atoms with van der Waals surface area (Å²) in [7, 11) is 0. The molecule has 2 saturated heterocycles.